The van der Waals surface area contributed by atoms with Crippen LogP contribution in [0.15, 0.2) is 72.0 Å². The predicted octanol–water partition coefficient (Wildman–Crippen LogP) is 5.96. The number of nitrogens with zero attached hydrogens (tertiary/aromatic N) is 2. The Labute approximate surface area is 149 Å². The maximum atomic E-state index is 4.58. The minimum atomic E-state index is 0.913. The Kier molecular flexibility index (Phi) is 4.32. The van der Waals surface area contributed by atoms with Gasteiger partial charge in [0.05, 0.1) is 5.39 Å². The summed E-state index contributed by atoms with van der Waals surface area (Å²) in [6.45, 7) is 2.17. The molecular formula is C20H16N2S2. The van der Waals surface area contributed by atoms with Gasteiger partial charge < -0.3 is 0 Å². The van der Waals surface area contributed by atoms with Gasteiger partial charge >= 0.3 is 0 Å². The third kappa shape index (κ3) is 2.95. The van der Waals surface area contributed by atoms with E-state index >= 15 is 0 Å². The maximum Gasteiger partial charge on any atom is 0.128 e. The van der Waals surface area contributed by atoms with Gasteiger partial charge in [-0.05, 0) is 18.1 Å². The van der Waals surface area contributed by atoms with Crippen LogP contribution >= 0.6 is 23.1 Å². The molecule has 24 heavy (non-hydrogen) atoms. The van der Waals surface area contributed by atoms with Crippen LogP contribution < -0.4 is 0 Å². The summed E-state index contributed by atoms with van der Waals surface area (Å²) in [6.07, 6.45) is 1.68. The van der Waals surface area contributed by atoms with Crippen LogP contribution in [0.4, 0.5) is 0 Å². The van der Waals surface area contributed by atoms with Crippen LogP contribution in [0.5, 0.6) is 0 Å². The minimum Gasteiger partial charge on any atom is -0.229 e. The van der Waals surface area contributed by atoms with Crippen LogP contribution in [0.25, 0.3) is 21.3 Å². The summed E-state index contributed by atoms with van der Waals surface area (Å²) in [5.41, 5.74) is 3.81. The van der Waals surface area contributed by atoms with E-state index in [-0.39, 0.29) is 0 Å². The molecular weight excluding hydrogens is 332 g/mol. The summed E-state index contributed by atoms with van der Waals surface area (Å²) >= 11 is 3.53. The number of benzene rings is 2. The first-order chi connectivity index (χ1) is 11.8. The SMILES string of the molecule is Cc1sc2ncnc(SCc3ccccc3)c2c1-c1ccccc1. The Morgan fingerprint density at radius 3 is 2.38 bits per heavy atom. The molecule has 0 aliphatic rings. The summed E-state index contributed by atoms with van der Waals surface area (Å²) in [5.74, 6) is 0.913. The fraction of sp³-hybridized carbons (Fsp3) is 0.100. The van der Waals surface area contributed by atoms with Gasteiger partial charge in [0, 0.05) is 16.2 Å². The van der Waals surface area contributed by atoms with Crippen molar-refractivity contribution in [3.63, 3.8) is 0 Å². The second-order valence-corrected chi connectivity index (χ2v) is 7.70. The molecule has 0 bridgehead atoms. The molecule has 4 heteroatoms. The van der Waals surface area contributed by atoms with Gasteiger partial charge in [-0.15, -0.1) is 23.1 Å². The molecule has 0 unspecified atom stereocenters. The van der Waals surface area contributed by atoms with Crippen molar-refractivity contribution in [1.29, 1.82) is 0 Å². The van der Waals surface area contributed by atoms with Crippen molar-refractivity contribution >= 4 is 33.3 Å². The van der Waals surface area contributed by atoms with Crippen molar-refractivity contribution in [3.05, 3.63) is 77.4 Å². The number of hydrogen-bond acceptors (Lipinski definition) is 4. The molecule has 0 radical (unpaired) electrons. The molecule has 0 aliphatic heterocycles. The average Bonchev–Trinajstić information content (AvgIpc) is 2.98. The van der Waals surface area contributed by atoms with Crippen LogP contribution in [-0.2, 0) is 5.75 Å². The second kappa shape index (κ2) is 6.75. The molecule has 0 amide bonds. The Morgan fingerprint density at radius 1 is 0.917 bits per heavy atom. The van der Waals surface area contributed by atoms with E-state index in [2.05, 4.69) is 71.5 Å². The Bertz CT molecular complexity index is 963. The van der Waals surface area contributed by atoms with Crippen LogP contribution in [0.2, 0.25) is 0 Å². The third-order valence-corrected chi connectivity index (χ3v) is 5.98. The number of hydrogen-bond donors (Lipinski definition) is 0. The lowest BCUT2D eigenvalue weighted by molar-refractivity contribution is 1.11. The first kappa shape index (κ1) is 15.4. The lowest BCUT2D eigenvalue weighted by Crippen LogP contribution is -1.87. The van der Waals surface area contributed by atoms with Crippen LogP contribution in [0.1, 0.15) is 10.4 Å². The highest BCUT2D eigenvalue weighted by Gasteiger charge is 2.16. The molecule has 0 spiro atoms. The molecule has 0 atom stereocenters. The van der Waals surface area contributed by atoms with Crippen molar-refractivity contribution in [2.75, 3.05) is 0 Å². The Morgan fingerprint density at radius 2 is 1.62 bits per heavy atom. The predicted molar refractivity (Wildman–Crippen MR) is 104 cm³/mol. The van der Waals surface area contributed by atoms with Gasteiger partial charge in [-0.3, -0.25) is 0 Å². The highest BCUT2D eigenvalue weighted by molar-refractivity contribution is 7.98. The van der Waals surface area contributed by atoms with E-state index in [0.29, 0.717) is 0 Å². The fourth-order valence-corrected chi connectivity index (χ4v) is 4.84. The molecule has 2 heterocycles. The van der Waals surface area contributed by atoms with E-state index in [0.717, 1.165) is 15.6 Å². The molecule has 0 aliphatic carbocycles. The zero-order chi connectivity index (χ0) is 16.4. The summed E-state index contributed by atoms with van der Waals surface area (Å²) in [4.78, 5) is 11.4. The largest absolute Gasteiger partial charge is 0.229 e. The highest BCUT2D eigenvalue weighted by atomic mass is 32.2. The number of aryl methyl sites for hydroxylation is 1. The lowest BCUT2D eigenvalue weighted by atomic mass is 10.0. The fourth-order valence-electron chi connectivity index (χ4n) is 2.81. The molecule has 4 rings (SSSR count). The van der Waals surface area contributed by atoms with Gasteiger partial charge in [0.1, 0.15) is 16.2 Å². The smallest absolute Gasteiger partial charge is 0.128 e. The molecule has 0 saturated heterocycles. The number of rotatable bonds is 4. The Balaban J connectivity index is 1.79. The summed E-state index contributed by atoms with van der Waals surface area (Å²) in [5, 5.41) is 2.25. The van der Waals surface area contributed by atoms with Crippen LogP contribution in [0, 0.1) is 6.92 Å². The van der Waals surface area contributed by atoms with E-state index < -0.39 is 0 Å². The van der Waals surface area contributed by atoms with Gasteiger partial charge in [0.15, 0.2) is 0 Å². The van der Waals surface area contributed by atoms with Crippen molar-refractivity contribution in [2.24, 2.45) is 0 Å². The molecule has 2 aromatic carbocycles. The van der Waals surface area contributed by atoms with Crippen LogP contribution in [-0.4, -0.2) is 9.97 Å². The quantitative estimate of drug-likeness (QED) is 0.336. The minimum absolute atomic E-state index is 0.913. The number of fused-ring (bicyclic) bond motifs is 1. The van der Waals surface area contributed by atoms with E-state index in [1.807, 2.05) is 6.07 Å². The van der Waals surface area contributed by atoms with Gasteiger partial charge in [-0.1, -0.05) is 60.7 Å². The molecule has 0 N–H and O–H groups in total. The molecule has 4 aromatic rings. The van der Waals surface area contributed by atoms with Crippen molar-refractivity contribution in [1.82, 2.24) is 9.97 Å². The van der Waals surface area contributed by atoms with Crippen molar-refractivity contribution < 1.29 is 0 Å². The topological polar surface area (TPSA) is 25.8 Å². The summed E-state index contributed by atoms with van der Waals surface area (Å²) < 4.78 is 0. The van der Waals surface area contributed by atoms with E-state index in [4.69, 9.17) is 0 Å². The number of aromatic nitrogens is 2. The van der Waals surface area contributed by atoms with E-state index in [1.54, 1.807) is 29.4 Å². The van der Waals surface area contributed by atoms with Gasteiger partial charge in [-0.25, -0.2) is 9.97 Å². The summed E-state index contributed by atoms with van der Waals surface area (Å²) in [7, 11) is 0. The Hall–Kier alpha value is -2.17. The third-order valence-electron chi connectivity index (χ3n) is 3.91. The number of thioether (sulfide) groups is 1. The standard InChI is InChI=1S/C20H16N2S2/c1-14-17(16-10-6-3-7-11-16)18-19(21-13-22-20(18)24-14)23-12-15-8-4-2-5-9-15/h2-11,13H,12H2,1H3. The summed E-state index contributed by atoms with van der Waals surface area (Å²) in [6, 6.07) is 21.1. The normalized spacial score (nSPS) is 11.0. The lowest BCUT2D eigenvalue weighted by Gasteiger charge is -2.06. The zero-order valence-corrected chi connectivity index (χ0v) is 14.9. The van der Waals surface area contributed by atoms with E-state index in [1.165, 1.54) is 27.0 Å². The van der Waals surface area contributed by atoms with Gasteiger partial charge in [-0.2, -0.15) is 0 Å². The average molecular weight is 348 g/mol. The van der Waals surface area contributed by atoms with Crippen molar-refractivity contribution in [2.45, 2.75) is 17.7 Å². The molecule has 2 nitrogen and oxygen atoms in total. The molecule has 0 fully saturated rings. The second-order valence-electron chi connectivity index (χ2n) is 5.53. The van der Waals surface area contributed by atoms with E-state index in [9.17, 15) is 0 Å². The monoisotopic (exact) mass is 348 g/mol. The van der Waals surface area contributed by atoms with Crippen LogP contribution in [0.3, 0.4) is 0 Å². The zero-order valence-electron chi connectivity index (χ0n) is 13.3. The first-order valence-electron chi connectivity index (χ1n) is 7.79. The van der Waals surface area contributed by atoms with Gasteiger partial charge in [0.25, 0.3) is 0 Å². The first-order valence-corrected chi connectivity index (χ1v) is 9.59. The van der Waals surface area contributed by atoms with Gasteiger partial charge in [0.2, 0.25) is 0 Å². The highest BCUT2D eigenvalue weighted by Crippen LogP contribution is 2.41. The molecule has 2 aromatic heterocycles. The maximum absolute atomic E-state index is 4.58. The molecule has 0 saturated carbocycles. The van der Waals surface area contributed by atoms with Crippen molar-refractivity contribution in [3.8, 4) is 11.1 Å². The number of thiophene rings is 1. The molecule has 118 valence electrons.